The number of primary amides is 1. The molecular formula is C11H12ClN3O4. The van der Waals surface area contributed by atoms with Crippen molar-refractivity contribution in [2.45, 2.75) is 18.9 Å². The van der Waals surface area contributed by atoms with Crippen LogP contribution in [0, 0.1) is 0 Å². The molecule has 0 saturated carbocycles. The van der Waals surface area contributed by atoms with Crippen LogP contribution in [0.25, 0.3) is 0 Å². The number of aromatic nitrogens is 1. The van der Waals surface area contributed by atoms with Gasteiger partial charge in [0.1, 0.15) is 11.2 Å². The molecule has 19 heavy (non-hydrogen) atoms. The topological polar surface area (TPSA) is 122 Å². The molecule has 0 aliphatic rings. The second-order valence-corrected chi connectivity index (χ2v) is 4.07. The molecule has 0 fully saturated rings. The van der Waals surface area contributed by atoms with E-state index in [1.54, 1.807) is 0 Å². The standard InChI is InChI=1S/C11H12ClN3O4/c12-9-6(2-1-5-14-9)10(17)15-7(11(18)19)3-4-8(13)16/h1-2,5,7H,3-4H2,(H2,13,16)(H,15,17)(H,18,19)/t7-/m0/s1. The minimum absolute atomic E-state index is 0.0287. The van der Waals surface area contributed by atoms with E-state index in [9.17, 15) is 14.4 Å². The fraction of sp³-hybridized carbons (Fsp3) is 0.273. The van der Waals surface area contributed by atoms with Crippen LogP contribution in [0.4, 0.5) is 0 Å². The van der Waals surface area contributed by atoms with E-state index in [0.29, 0.717) is 0 Å². The molecule has 0 aliphatic heterocycles. The molecule has 0 saturated heterocycles. The summed E-state index contributed by atoms with van der Waals surface area (Å²) in [5.41, 5.74) is 5.00. The van der Waals surface area contributed by atoms with E-state index in [1.165, 1.54) is 18.3 Å². The number of carboxylic acid groups (broad SMARTS) is 1. The minimum Gasteiger partial charge on any atom is -0.480 e. The zero-order chi connectivity index (χ0) is 14.4. The predicted molar refractivity (Wildman–Crippen MR) is 66.6 cm³/mol. The van der Waals surface area contributed by atoms with Crippen molar-refractivity contribution in [2.75, 3.05) is 0 Å². The smallest absolute Gasteiger partial charge is 0.326 e. The lowest BCUT2D eigenvalue weighted by Crippen LogP contribution is -2.41. The van der Waals surface area contributed by atoms with Crippen molar-refractivity contribution in [2.24, 2.45) is 5.73 Å². The summed E-state index contributed by atoms with van der Waals surface area (Å²) in [6.07, 6.45) is 1.17. The van der Waals surface area contributed by atoms with Crippen LogP contribution in [0.1, 0.15) is 23.2 Å². The van der Waals surface area contributed by atoms with Crippen molar-refractivity contribution in [3.63, 3.8) is 0 Å². The first-order valence-electron chi connectivity index (χ1n) is 5.34. The SMILES string of the molecule is NC(=O)CC[C@H](NC(=O)c1cccnc1Cl)C(=O)O. The number of nitrogens with one attached hydrogen (secondary N) is 1. The van der Waals surface area contributed by atoms with Crippen molar-refractivity contribution in [1.82, 2.24) is 10.3 Å². The number of amides is 2. The van der Waals surface area contributed by atoms with Gasteiger partial charge in [0, 0.05) is 12.6 Å². The minimum atomic E-state index is -1.25. The molecule has 4 N–H and O–H groups in total. The van der Waals surface area contributed by atoms with Gasteiger partial charge in [-0.05, 0) is 18.6 Å². The van der Waals surface area contributed by atoms with E-state index in [-0.39, 0.29) is 23.6 Å². The van der Waals surface area contributed by atoms with Crippen LogP contribution in [0.2, 0.25) is 5.15 Å². The molecule has 0 spiro atoms. The number of nitrogens with zero attached hydrogens (tertiary/aromatic N) is 1. The number of carbonyl (C=O) groups excluding carboxylic acids is 2. The summed E-state index contributed by atoms with van der Waals surface area (Å²) in [6.45, 7) is 0. The molecule has 1 aromatic rings. The average molecular weight is 286 g/mol. The van der Waals surface area contributed by atoms with Crippen LogP contribution in [0.15, 0.2) is 18.3 Å². The molecule has 0 unspecified atom stereocenters. The highest BCUT2D eigenvalue weighted by Gasteiger charge is 2.22. The fourth-order valence-corrected chi connectivity index (χ4v) is 1.54. The molecule has 1 rings (SSSR count). The third-order valence-corrected chi connectivity index (χ3v) is 2.59. The number of rotatable bonds is 6. The van der Waals surface area contributed by atoms with Crippen molar-refractivity contribution in [3.05, 3.63) is 29.0 Å². The van der Waals surface area contributed by atoms with Crippen LogP contribution in [-0.4, -0.2) is 33.9 Å². The monoisotopic (exact) mass is 285 g/mol. The number of carbonyl (C=O) groups is 3. The molecule has 0 aromatic carbocycles. The Hall–Kier alpha value is -2.15. The van der Waals surface area contributed by atoms with Crippen LogP contribution in [0.5, 0.6) is 0 Å². The lowest BCUT2D eigenvalue weighted by molar-refractivity contribution is -0.139. The molecule has 1 heterocycles. The molecule has 0 bridgehead atoms. The Balaban J connectivity index is 2.74. The van der Waals surface area contributed by atoms with Crippen LogP contribution in [0.3, 0.4) is 0 Å². The highest BCUT2D eigenvalue weighted by atomic mass is 35.5. The van der Waals surface area contributed by atoms with Crippen molar-refractivity contribution >= 4 is 29.4 Å². The van der Waals surface area contributed by atoms with Gasteiger partial charge >= 0.3 is 5.97 Å². The molecule has 1 atom stereocenters. The zero-order valence-corrected chi connectivity index (χ0v) is 10.6. The van der Waals surface area contributed by atoms with Gasteiger partial charge in [-0.15, -0.1) is 0 Å². The molecule has 7 nitrogen and oxygen atoms in total. The molecule has 1 aromatic heterocycles. The van der Waals surface area contributed by atoms with Gasteiger partial charge in [-0.3, -0.25) is 9.59 Å². The van der Waals surface area contributed by atoms with E-state index in [0.717, 1.165) is 0 Å². The third-order valence-electron chi connectivity index (χ3n) is 2.29. The Morgan fingerprint density at radius 2 is 2.16 bits per heavy atom. The molecule has 8 heteroatoms. The lowest BCUT2D eigenvalue weighted by Gasteiger charge is -2.13. The first-order chi connectivity index (χ1) is 8.91. The largest absolute Gasteiger partial charge is 0.480 e. The Bertz CT molecular complexity index is 506. The van der Waals surface area contributed by atoms with Gasteiger partial charge in [-0.25, -0.2) is 9.78 Å². The first-order valence-corrected chi connectivity index (χ1v) is 5.72. The van der Waals surface area contributed by atoms with Crippen molar-refractivity contribution in [1.29, 1.82) is 0 Å². The zero-order valence-electron chi connectivity index (χ0n) is 9.80. The molecule has 2 amide bonds. The number of hydrogen-bond donors (Lipinski definition) is 3. The third kappa shape index (κ3) is 4.55. The summed E-state index contributed by atoms with van der Waals surface area (Å²) in [7, 11) is 0. The van der Waals surface area contributed by atoms with E-state index >= 15 is 0 Å². The summed E-state index contributed by atoms with van der Waals surface area (Å²) in [5.74, 6) is -2.57. The van der Waals surface area contributed by atoms with Crippen LogP contribution in [-0.2, 0) is 9.59 Å². The summed E-state index contributed by atoms with van der Waals surface area (Å²) in [6, 6.07) is 1.70. The van der Waals surface area contributed by atoms with Gasteiger partial charge in [0.25, 0.3) is 5.91 Å². The number of pyridine rings is 1. The van der Waals surface area contributed by atoms with Gasteiger partial charge in [0.2, 0.25) is 5.91 Å². The Morgan fingerprint density at radius 3 is 2.68 bits per heavy atom. The lowest BCUT2D eigenvalue weighted by atomic mass is 10.1. The van der Waals surface area contributed by atoms with E-state index in [4.69, 9.17) is 22.4 Å². The van der Waals surface area contributed by atoms with Gasteiger partial charge in [0.15, 0.2) is 0 Å². The maximum absolute atomic E-state index is 11.8. The maximum Gasteiger partial charge on any atom is 0.326 e. The van der Waals surface area contributed by atoms with Gasteiger partial charge in [0.05, 0.1) is 5.56 Å². The molecule has 102 valence electrons. The van der Waals surface area contributed by atoms with Gasteiger partial charge < -0.3 is 16.2 Å². The summed E-state index contributed by atoms with van der Waals surface area (Å²) >= 11 is 5.72. The van der Waals surface area contributed by atoms with Gasteiger partial charge in [-0.1, -0.05) is 11.6 Å². The average Bonchev–Trinajstić information content (AvgIpc) is 2.34. The van der Waals surface area contributed by atoms with E-state index in [1.807, 2.05) is 0 Å². The Kier molecular flexibility index (Phi) is 5.25. The second kappa shape index (κ2) is 6.69. The number of carboxylic acids is 1. The van der Waals surface area contributed by atoms with Gasteiger partial charge in [-0.2, -0.15) is 0 Å². The van der Waals surface area contributed by atoms with Crippen LogP contribution < -0.4 is 11.1 Å². The van der Waals surface area contributed by atoms with Crippen molar-refractivity contribution < 1.29 is 19.5 Å². The predicted octanol–water partition coefficient (Wildman–Crippen LogP) is 0.183. The highest BCUT2D eigenvalue weighted by molar-refractivity contribution is 6.32. The van der Waals surface area contributed by atoms with Crippen molar-refractivity contribution in [3.8, 4) is 0 Å². The first kappa shape index (κ1) is 14.9. The highest BCUT2D eigenvalue weighted by Crippen LogP contribution is 2.11. The number of aliphatic carboxylic acids is 1. The molecule has 0 aliphatic carbocycles. The van der Waals surface area contributed by atoms with E-state index < -0.39 is 23.8 Å². The molecule has 0 radical (unpaired) electrons. The quantitative estimate of drug-likeness (QED) is 0.644. The summed E-state index contributed by atoms with van der Waals surface area (Å²) in [5, 5.41) is 11.2. The van der Waals surface area contributed by atoms with Crippen LogP contribution >= 0.6 is 11.6 Å². The van der Waals surface area contributed by atoms with E-state index in [2.05, 4.69) is 10.3 Å². The number of nitrogens with two attached hydrogens (primary N) is 1. The normalized spacial score (nSPS) is 11.6. The number of hydrogen-bond acceptors (Lipinski definition) is 4. The molecular weight excluding hydrogens is 274 g/mol. The second-order valence-electron chi connectivity index (χ2n) is 3.71. The fourth-order valence-electron chi connectivity index (χ4n) is 1.34. The Labute approximate surface area is 113 Å². The number of halogens is 1. The summed E-state index contributed by atoms with van der Waals surface area (Å²) < 4.78 is 0. The Morgan fingerprint density at radius 1 is 1.47 bits per heavy atom. The maximum atomic E-state index is 11.8. The summed E-state index contributed by atoms with van der Waals surface area (Å²) in [4.78, 5) is 37.1.